The SMILES string of the molecule is CN(Cc1nnc(-c2ccco2)o1)C[C@H]1COc2ccccc2O1. The molecule has 0 aliphatic carbocycles. The average Bonchev–Trinajstić information content (AvgIpc) is 3.26. The summed E-state index contributed by atoms with van der Waals surface area (Å²) in [4.78, 5) is 2.06. The Hall–Kier alpha value is -2.80. The van der Waals surface area contributed by atoms with Crippen molar-refractivity contribution in [2.75, 3.05) is 20.2 Å². The Balaban J connectivity index is 1.35. The maximum atomic E-state index is 5.96. The maximum Gasteiger partial charge on any atom is 0.283 e. The number of para-hydroxylation sites is 2. The van der Waals surface area contributed by atoms with Gasteiger partial charge in [0.25, 0.3) is 5.89 Å². The second-order valence-corrected chi connectivity index (χ2v) is 5.67. The molecule has 0 amide bonds. The zero-order valence-electron chi connectivity index (χ0n) is 13.2. The van der Waals surface area contributed by atoms with Crippen molar-refractivity contribution >= 4 is 0 Å². The second kappa shape index (κ2) is 6.37. The smallest absolute Gasteiger partial charge is 0.283 e. The molecule has 0 unspecified atom stereocenters. The minimum Gasteiger partial charge on any atom is -0.486 e. The summed E-state index contributed by atoms with van der Waals surface area (Å²) in [6.45, 7) is 1.73. The topological polar surface area (TPSA) is 73.8 Å². The number of benzene rings is 1. The van der Waals surface area contributed by atoms with Gasteiger partial charge in [-0.05, 0) is 31.3 Å². The first kappa shape index (κ1) is 14.8. The number of likely N-dealkylation sites (N-methyl/N-ethyl adjacent to an activating group) is 1. The van der Waals surface area contributed by atoms with Crippen molar-refractivity contribution in [2.24, 2.45) is 0 Å². The van der Waals surface area contributed by atoms with Crippen molar-refractivity contribution in [1.29, 1.82) is 0 Å². The van der Waals surface area contributed by atoms with Crippen LogP contribution >= 0.6 is 0 Å². The van der Waals surface area contributed by atoms with Gasteiger partial charge in [0.1, 0.15) is 12.7 Å². The summed E-state index contributed by atoms with van der Waals surface area (Å²) >= 11 is 0. The molecule has 1 aromatic carbocycles. The van der Waals surface area contributed by atoms with Gasteiger partial charge in [0.2, 0.25) is 5.89 Å². The number of hydrogen-bond donors (Lipinski definition) is 0. The molecule has 3 aromatic rings. The molecule has 7 nitrogen and oxygen atoms in total. The lowest BCUT2D eigenvalue weighted by Gasteiger charge is -2.29. The van der Waals surface area contributed by atoms with Crippen molar-refractivity contribution < 1.29 is 18.3 Å². The van der Waals surface area contributed by atoms with E-state index in [-0.39, 0.29) is 6.10 Å². The first-order chi connectivity index (χ1) is 11.8. The van der Waals surface area contributed by atoms with Crippen LogP contribution in [0.25, 0.3) is 11.7 Å². The Kier molecular flexibility index (Phi) is 3.92. The number of nitrogens with zero attached hydrogens (tertiary/aromatic N) is 3. The van der Waals surface area contributed by atoms with E-state index in [1.54, 1.807) is 18.4 Å². The van der Waals surface area contributed by atoms with Gasteiger partial charge in [0, 0.05) is 6.54 Å². The molecule has 124 valence electrons. The number of furan rings is 1. The van der Waals surface area contributed by atoms with E-state index < -0.39 is 0 Å². The van der Waals surface area contributed by atoms with Crippen molar-refractivity contribution in [2.45, 2.75) is 12.6 Å². The third kappa shape index (κ3) is 3.11. The number of fused-ring (bicyclic) bond motifs is 1. The van der Waals surface area contributed by atoms with Crippen molar-refractivity contribution in [3.05, 3.63) is 48.6 Å². The summed E-state index contributed by atoms with van der Waals surface area (Å²) < 4.78 is 22.5. The van der Waals surface area contributed by atoms with E-state index in [2.05, 4.69) is 15.1 Å². The van der Waals surface area contributed by atoms with Crippen LogP contribution in [0.5, 0.6) is 11.5 Å². The monoisotopic (exact) mass is 327 g/mol. The third-order valence-corrected chi connectivity index (χ3v) is 3.69. The molecular weight excluding hydrogens is 310 g/mol. The van der Waals surface area contributed by atoms with Gasteiger partial charge in [-0.25, -0.2) is 0 Å². The fourth-order valence-corrected chi connectivity index (χ4v) is 2.61. The lowest BCUT2D eigenvalue weighted by Crippen LogP contribution is -2.39. The molecule has 0 fully saturated rings. The third-order valence-electron chi connectivity index (χ3n) is 3.69. The summed E-state index contributed by atoms with van der Waals surface area (Å²) in [6.07, 6.45) is 1.53. The van der Waals surface area contributed by atoms with Gasteiger partial charge in [-0.2, -0.15) is 0 Å². The lowest BCUT2D eigenvalue weighted by atomic mass is 10.2. The lowest BCUT2D eigenvalue weighted by molar-refractivity contribution is 0.0619. The van der Waals surface area contributed by atoms with E-state index in [1.807, 2.05) is 31.3 Å². The Morgan fingerprint density at radius 2 is 2.00 bits per heavy atom. The zero-order chi connectivity index (χ0) is 16.4. The molecule has 0 spiro atoms. The number of hydrogen-bond acceptors (Lipinski definition) is 7. The number of rotatable bonds is 5. The van der Waals surface area contributed by atoms with Crippen LogP contribution < -0.4 is 9.47 Å². The highest BCUT2D eigenvalue weighted by molar-refractivity contribution is 5.42. The number of aromatic nitrogens is 2. The molecule has 1 atom stereocenters. The van der Waals surface area contributed by atoms with Gasteiger partial charge in [-0.15, -0.1) is 10.2 Å². The van der Waals surface area contributed by atoms with Crippen molar-refractivity contribution in [3.63, 3.8) is 0 Å². The van der Waals surface area contributed by atoms with E-state index in [9.17, 15) is 0 Å². The van der Waals surface area contributed by atoms with Crippen LogP contribution in [0, 0.1) is 0 Å². The summed E-state index contributed by atoms with van der Waals surface area (Å²) in [6, 6.07) is 11.2. The second-order valence-electron chi connectivity index (χ2n) is 5.67. The van der Waals surface area contributed by atoms with Crippen LogP contribution in [0.4, 0.5) is 0 Å². The highest BCUT2D eigenvalue weighted by atomic mass is 16.6. The molecule has 1 aliphatic heterocycles. The largest absolute Gasteiger partial charge is 0.486 e. The van der Waals surface area contributed by atoms with Crippen LogP contribution in [-0.4, -0.2) is 41.4 Å². The van der Waals surface area contributed by atoms with Crippen molar-refractivity contribution in [3.8, 4) is 23.1 Å². The van der Waals surface area contributed by atoms with Gasteiger partial charge in [0.05, 0.1) is 12.8 Å². The van der Waals surface area contributed by atoms with E-state index in [1.165, 1.54) is 0 Å². The predicted molar refractivity (Wildman–Crippen MR) is 84.7 cm³/mol. The van der Waals surface area contributed by atoms with Crippen LogP contribution in [0.1, 0.15) is 5.89 Å². The minimum absolute atomic E-state index is 0.0441. The normalized spacial score (nSPS) is 16.5. The standard InChI is InChI=1S/C17H17N3O4/c1-20(9-12-11-22-13-5-2-3-6-14(13)23-12)10-16-18-19-17(24-16)15-7-4-8-21-15/h2-8,12H,9-11H2,1H3/t12-/m0/s1. The van der Waals surface area contributed by atoms with Crippen LogP contribution in [0.3, 0.4) is 0 Å². The van der Waals surface area contributed by atoms with Crippen LogP contribution in [0.2, 0.25) is 0 Å². The molecule has 0 saturated carbocycles. The first-order valence-electron chi connectivity index (χ1n) is 7.71. The van der Waals surface area contributed by atoms with E-state index in [0.29, 0.717) is 37.2 Å². The molecular formula is C17H17N3O4. The first-order valence-corrected chi connectivity index (χ1v) is 7.71. The minimum atomic E-state index is -0.0441. The zero-order valence-corrected chi connectivity index (χ0v) is 13.2. The van der Waals surface area contributed by atoms with Gasteiger partial charge < -0.3 is 18.3 Å². The maximum absolute atomic E-state index is 5.96. The molecule has 7 heteroatoms. The Morgan fingerprint density at radius 1 is 1.12 bits per heavy atom. The molecule has 0 bridgehead atoms. The quantitative estimate of drug-likeness (QED) is 0.713. The highest BCUT2D eigenvalue weighted by Crippen LogP contribution is 2.31. The fraction of sp³-hybridized carbons (Fsp3) is 0.294. The van der Waals surface area contributed by atoms with Gasteiger partial charge in [-0.1, -0.05) is 12.1 Å². The van der Waals surface area contributed by atoms with Gasteiger partial charge in [-0.3, -0.25) is 4.90 Å². The van der Waals surface area contributed by atoms with E-state index >= 15 is 0 Å². The summed E-state index contributed by atoms with van der Waals surface area (Å²) in [5, 5.41) is 8.05. The van der Waals surface area contributed by atoms with Crippen molar-refractivity contribution in [1.82, 2.24) is 15.1 Å². The Labute approximate surface area is 138 Å². The molecule has 24 heavy (non-hydrogen) atoms. The number of ether oxygens (including phenoxy) is 2. The molecule has 1 aliphatic rings. The van der Waals surface area contributed by atoms with Crippen LogP contribution in [0.15, 0.2) is 51.5 Å². The predicted octanol–water partition coefficient (Wildman–Crippen LogP) is 2.60. The van der Waals surface area contributed by atoms with Crippen LogP contribution in [-0.2, 0) is 6.54 Å². The highest BCUT2D eigenvalue weighted by Gasteiger charge is 2.22. The fourth-order valence-electron chi connectivity index (χ4n) is 2.61. The van der Waals surface area contributed by atoms with E-state index in [4.69, 9.17) is 18.3 Å². The van der Waals surface area contributed by atoms with Gasteiger partial charge in [0.15, 0.2) is 17.3 Å². The Morgan fingerprint density at radius 3 is 2.83 bits per heavy atom. The summed E-state index contributed by atoms with van der Waals surface area (Å²) in [5.74, 6) is 3.05. The van der Waals surface area contributed by atoms with E-state index in [0.717, 1.165) is 11.5 Å². The molecule has 3 heterocycles. The molecule has 0 saturated heterocycles. The Bertz CT molecular complexity index is 800. The molecule has 2 aromatic heterocycles. The molecule has 0 N–H and O–H groups in total. The summed E-state index contributed by atoms with van der Waals surface area (Å²) in [7, 11) is 1.97. The average molecular weight is 327 g/mol. The molecule has 4 rings (SSSR count). The molecule has 0 radical (unpaired) electrons. The summed E-state index contributed by atoms with van der Waals surface area (Å²) in [5.41, 5.74) is 0. The van der Waals surface area contributed by atoms with Gasteiger partial charge >= 0.3 is 0 Å².